The predicted molar refractivity (Wildman–Crippen MR) is 79.5 cm³/mol. The molecule has 0 saturated carbocycles. The fourth-order valence-electron chi connectivity index (χ4n) is 2.14. The van der Waals surface area contributed by atoms with E-state index in [-0.39, 0.29) is 6.10 Å². The molecule has 1 fully saturated rings. The lowest BCUT2D eigenvalue weighted by atomic mass is 10.2. The van der Waals surface area contributed by atoms with Crippen molar-refractivity contribution in [3.63, 3.8) is 0 Å². The zero-order chi connectivity index (χ0) is 14.2. The second-order valence-corrected chi connectivity index (χ2v) is 5.29. The largest absolute Gasteiger partial charge is 0.489 e. The van der Waals surface area contributed by atoms with Gasteiger partial charge in [0.2, 0.25) is 0 Å². The molecule has 0 radical (unpaired) electrons. The van der Waals surface area contributed by atoms with Crippen molar-refractivity contribution in [3.05, 3.63) is 28.8 Å². The van der Waals surface area contributed by atoms with Crippen LogP contribution in [0, 0.1) is 0 Å². The standard InChI is InChI=1S/C15H22ClNO3/c1-18-8-6-17-10-12-4-5-15(14(16)9-12)20-11-13-3-2-7-19-13/h4-5,9,13,17H,2-3,6-8,10-11H2,1H3. The van der Waals surface area contributed by atoms with Crippen LogP contribution in [-0.4, -0.2) is 39.6 Å². The van der Waals surface area contributed by atoms with Gasteiger partial charge in [0.1, 0.15) is 12.4 Å². The van der Waals surface area contributed by atoms with Crippen molar-refractivity contribution in [1.82, 2.24) is 5.32 Å². The number of rotatable bonds is 8. The summed E-state index contributed by atoms with van der Waals surface area (Å²) in [5, 5.41) is 3.93. The van der Waals surface area contributed by atoms with Crippen molar-refractivity contribution < 1.29 is 14.2 Å². The third kappa shape index (κ3) is 4.94. The maximum atomic E-state index is 6.24. The number of halogens is 1. The molecule has 1 saturated heterocycles. The van der Waals surface area contributed by atoms with Crippen molar-refractivity contribution in [1.29, 1.82) is 0 Å². The molecule has 0 amide bonds. The molecule has 5 heteroatoms. The molecule has 0 aromatic heterocycles. The van der Waals surface area contributed by atoms with E-state index in [1.807, 2.05) is 18.2 Å². The molecule has 1 heterocycles. The predicted octanol–water partition coefficient (Wildman–Crippen LogP) is 2.63. The number of ether oxygens (including phenoxy) is 3. The molecule has 1 atom stereocenters. The first-order valence-corrected chi connectivity index (χ1v) is 7.40. The van der Waals surface area contributed by atoms with Gasteiger partial charge < -0.3 is 19.5 Å². The lowest BCUT2D eigenvalue weighted by Crippen LogP contribution is -2.18. The Balaban J connectivity index is 1.78. The fraction of sp³-hybridized carbons (Fsp3) is 0.600. The molecular weight excluding hydrogens is 278 g/mol. The lowest BCUT2D eigenvalue weighted by molar-refractivity contribution is 0.0680. The molecule has 1 aliphatic heterocycles. The Morgan fingerprint density at radius 1 is 1.45 bits per heavy atom. The van der Waals surface area contributed by atoms with Crippen molar-refractivity contribution in [2.75, 3.05) is 33.5 Å². The van der Waals surface area contributed by atoms with E-state index in [1.165, 1.54) is 0 Å². The summed E-state index contributed by atoms with van der Waals surface area (Å²) < 4.78 is 16.2. The van der Waals surface area contributed by atoms with E-state index in [1.54, 1.807) is 7.11 Å². The van der Waals surface area contributed by atoms with E-state index in [0.29, 0.717) is 18.2 Å². The molecule has 1 unspecified atom stereocenters. The van der Waals surface area contributed by atoms with Crippen LogP contribution in [0.3, 0.4) is 0 Å². The van der Waals surface area contributed by atoms with Gasteiger partial charge in [-0.3, -0.25) is 0 Å². The SMILES string of the molecule is COCCNCc1ccc(OCC2CCCO2)c(Cl)c1. The number of benzene rings is 1. The molecule has 1 aliphatic rings. The summed E-state index contributed by atoms with van der Waals surface area (Å²) >= 11 is 6.24. The summed E-state index contributed by atoms with van der Waals surface area (Å²) in [5.41, 5.74) is 1.13. The van der Waals surface area contributed by atoms with E-state index in [4.69, 9.17) is 25.8 Å². The molecule has 0 bridgehead atoms. The van der Waals surface area contributed by atoms with Gasteiger partial charge >= 0.3 is 0 Å². The molecular formula is C15H22ClNO3. The quantitative estimate of drug-likeness (QED) is 0.749. The second kappa shape index (κ2) is 8.47. The minimum absolute atomic E-state index is 0.210. The molecule has 2 rings (SSSR count). The van der Waals surface area contributed by atoms with Crippen LogP contribution in [0.25, 0.3) is 0 Å². The fourth-order valence-corrected chi connectivity index (χ4v) is 2.39. The van der Waals surface area contributed by atoms with Crippen molar-refractivity contribution in [2.45, 2.75) is 25.5 Å². The molecule has 20 heavy (non-hydrogen) atoms. The van der Waals surface area contributed by atoms with E-state index in [9.17, 15) is 0 Å². The van der Waals surface area contributed by atoms with Crippen LogP contribution in [0.4, 0.5) is 0 Å². The molecule has 0 aliphatic carbocycles. The van der Waals surface area contributed by atoms with Crippen molar-refractivity contribution in [3.8, 4) is 5.75 Å². The Morgan fingerprint density at radius 3 is 3.05 bits per heavy atom. The molecule has 112 valence electrons. The highest BCUT2D eigenvalue weighted by molar-refractivity contribution is 6.32. The molecule has 1 aromatic carbocycles. The van der Waals surface area contributed by atoms with Crippen LogP contribution in [-0.2, 0) is 16.0 Å². The molecule has 0 spiro atoms. The molecule has 4 nitrogen and oxygen atoms in total. The maximum Gasteiger partial charge on any atom is 0.138 e. The zero-order valence-corrected chi connectivity index (χ0v) is 12.6. The second-order valence-electron chi connectivity index (χ2n) is 4.88. The van der Waals surface area contributed by atoms with Crippen LogP contribution in [0.15, 0.2) is 18.2 Å². The van der Waals surface area contributed by atoms with Gasteiger partial charge in [0, 0.05) is 26.8 Å². The minimum atomic E-state index is 0.210. The summed E-state index contributed by atoms with van der Waals surface area (Å²) in [4.78, 5) is 0. The first kappa shape index (κ1) is 15.6. The van der Waals surface area contributed by atoms with E-state index in [0.717, 1.165) is 43.9 Å². The summed E-state index contributed by atoms with van der Waals surface area (Å²) in [7, 11) is 1.69. The van der Waals surface area contributed by atoms with E-state index < -0.39 is 0 Å². The van der Waals surface area contributed by atoms with Crippen LogP contribution in [0.1, 0.15) is 18.4 Å². The minimum Gasteiger partial charge on any atom is -0.489 e. The smallest absolute Gasteiger partial charge is 0.138 e. The third-order valence-electron chi connectivity index (χ3n) is 3.26. The average Bonchev–Trinajstić information content (AvgIpc) is 2.96. The van der Waals surface area contributed by atoms with Gasteiger partial charge in [0.05, 0.1) is 17.7 Å². The van der Waals surface area contributed by atoms with Gasteiger partial charge in [-0.15, -0.1) is 0 Å². The van der Waals surface area contributed by atoms with Crippen molar-refractivity contribution in [2.24, 2.45) is 0 Å². The van der Waals surface area contributed by atoms with Gasteiger partial charge in [-0.05, 0) is 30.5 Å². The Bertz CT molecular complexity index is 408. The first-order chi connectivity index (χ1) is 9.79. The van der Waals surface area contributed by atoms with E-state index in [2.05, 4.69) is 5.32 Å². The highest BCUT2D eigenvalue weighted by Crippen LogP contribution is 2.26. The van der Waals surface area contributed by atoms with Crippen molar-refractivity contribution >= 4 is 11.6 Å². The van der Waals surface area contributed by atoms with Gasteiger partial charge in [-0.1, -0.05) is 17.7 Å². The highest BCUT2D eigenvalue weighted by Gasteiger charge is 2.16. The summed E-state index contributed by atoms with van der Waals surface area (Å²) in [6.45, 7) is 3.72. The van der Waals surface area contributed by atoms with Crippen LogP contribution in [0.2, 0.25) is 5.02 Å². The highest BCUT2D eigenvalue weighted by atomic mass is 35.5. The summed E-state index contributed by atoms with van der Waals surface area (Å²) in [5.74, 6) is 0.725. The topological polar surface area (TPSA) is 39.7 Å². The van der Waals surface area contributed by atoms with Gasteiger partial charge in [0.25, 0.3) is 0 Å². The Hall–Kier alpha value is -0.810. The van der Waals surface area contributed by atoms with E-state index >= 15 is 0 Å². The monoisotopic (exact) mass is 299 g/mol. The molecule has 1 aromatic rings. The van der Waals surface area contributed by atoms with Gasteiger partial charge in [0.15, 0.2) is 0 Å². The first-order valence-electron chi connectivity index (χ1n) is 7.02. The summed E-state index contributed by atoms with van der Waals surface area (Å²) in [6.07, 6.45) is 2.40. The number of methoxy groups -OCH3 is 1. The van der Waals surface area contributed by atoms with Crippen LogP contribution < -0.4 is 10.1 Å². The van der Waals surface area contributed by atoms with Gasteiger partial charge in [-0.25, -0.2) is 0 Å². The summed E-state index contributed by atoms with van der Waals surface area (Å²) in [6, 6.07) is 5.88. The van der Waals surface area contributed by atoms with Crippen LogP contribution >= 0.6 is 11.6 Å². The molecule has 1 N–H and O–H groups in total. The normalized spacial score (nSPS) is 18.4. The number of hydrogen-bond donors (Lipinski definition) is 1. The zero-order valence-electron chi connectivity index (χ0n) is 11.9. The third-order valence-corrected chi connectivity index (χ3v) is 3.55. The average molecular weight is 300 g/mol. The van der Waals surface area contributed by atoms with Crippen LogP contribution in [0.5, 0.6) is 5.75 Å². The number of hydrogen-bond acceptors (Lipinski definition) is 4. The Labute approximate surface area is 125 Å². The maximum absolute atomic E-state index is 6.24. The Morgan fingerprint density at radius 2 is 2.35 bits per heavy atom. The van der Waals surface area contributed by atoms with Gasteiger partial charge in [-0.2, -0.15) is 0 Å². The number of nitrogens with one attached hydrogen (secondary N) is 1. The lowest BCUT2D eigenvalue weighted by Gasteiger charge is -2.13. The Kier molecular flexibility index (Phi) is 6.60.